The first kappa shape index (κ1) is 19.3. The number of carbonyl (C=O) groups excluding carboxylic acids is 1. The van der Waals surface area contributed by atoms with E-state index in [1.165, 1.54) is 19.3 Å². The van der Waals surface area contributed by atoms with E-state index < -0.39 is 0 Å². The van der Waals surface area contributed by atoms with E-state index in [1.807, 2.05) is 24.3 Å². The van der Waals surface area contributed by atoms with Gasteiger partial charge in [0.05, 0.1) is 18.4 Å². The van der Waals surface area contributed by atoms with E-state index in [2.05, 4.69) is 10.1 Å². The van der Waals surface area contributed by atoms with Gasteiger partial charge in [0, 0.05) is 18.7 Å². The predicted molar refractivity (Wildman–Crippen MR) is 115 cm³/mol. The fourth-order valence-electron chi connectivity index (χ4n) is 7.35. The Morgan fingerprint density at radius 2 is 1.90 bits per heavy atom. The molecule has 6 nitrogen and oxygen atoms in total. The van der Waals surface area contributed by atoms with Crippen LogP contribution in [-0.2, 0) is 4.79 Å². The van der Waals surface area contributed by atoms with Crippen LogP contribution in [0.1, 0.15) is 63.2 Å². The van der Waals surface area contributed by atoms with E-state index in [0.717, 1.165) is 67.7 Å². The molecule has 2 aromatic rings. The maximum absolute atomic E-state index is 13.8. The lowest BCUT2D eigenvalue weighted by atomic mass is 9.49. The molecule has 1 atom stereocenters. The molecular formula is C25H31N3O3. The van der Waals surface area contributed by atoms with Crippen molar-refractivity contribution in [1.29, 1.82) is 0 Å². The maximum Gasteiger partial charge on any atom is 0.231 e. The van der Waals surface area contributed by atoms with E-state index in [-0.39, 0.29) is 11.3 Å². The van der Waals surface area contributed by atoms with E-state index >= 15 is 0 Å². The fourth-order valence-corrected chi connectivity index (χ4v) is 7.35. The van der Waals surface area contributed by atoms with Crippen LogP contribution in [0.15, 0.2) is 28.8 Å². The smallest absolute Gasteiger partial charge is 0.231 e. The highest BCUT2D eigenvalue weighted by atomic mass is 16.5. The summed E-state index contributed by atoms with van der Waals surface area (Å²) < 4.78 is 11.0. The summed E-state index contributed by atoms with van der Waals surface area (Å²) in [5.74, 6) is 4.92. The van der Waals surface area contributed by atoms with Gasteiger partial charge in [0.25, 0.3) is 0 Å². The molecule has 1 saturated heterocycles. The number of hydrogen-bond donors (Lipinski definition) is 0. The molecule has 1 aromatic heterocycles. The Kier molecular flexibility index (Phi) is 4.58. The maximum atomic E-state index is 13.8. The second-order valence-electron chi connectivity index (χ2n) is 10.5. The molecule has 1 aromatic carbocycles. The van der Waals surface area contributed by atoms with Crippen molar-refractivity contribution in [3.05, 3.63) is 30.2 Å². The molecular weight excluding hydrogens is 390 g/mol. The average Bonchev–Trinajstić information content (AvgIpc) is 3.28. The number of nitrogens with zero attached hydrogens (tertiary/aromatic N) is 3. The lowest BCUT2D eigenvalue weighted by molar-refractivity contribution is -0.159. The van der Waals surface area contributed by atoms with Crippen LogP contribution >= 0.6 is 0 Å². The Labute approximate surface area is 183 Å². The minimum atomic E-state index is -0.0722. The van der Waals surface area contributed by atoms with Crippen LogP contribution in [0.4, 0.5) is 0 Å². The molecule has 5 fully saturated rings. The van der Waals surface area contributed by atoms with Crippen molar-refractivity contribution >= 4 is 5.91 Å². The van der Waals surface area contributed by atoms with E-state index in [1.54, 1.807) is 7.11 Å². The summed E-state index contributed by atoms with van der Waals surface area (Å²) in [6.07, 6.45) is 9.46. The lowest BCUT2D eigenvalue weighted by Crippen LogP contribution is -2.55. The highest BCUT2D eigenvalue weighted by Crippen LogP contribution is 2.60. The topological polar surface area (TPSA) is 68.5 Å². The summed E-state index contributed by atoms with van der Waals surface area (Å²) in [7, 11) is 1.65. The van der Waals surface area contributed by atoms with E-state index in [0.29, 0.717) is 24.2 Å². The summed E-state index contributed by atoms with van der Waals surface area (Å²) in [6, 6.07) is 7.70. The third-order valence-corrected chi connectivity index (χ3v) is 8.32. The van der Waals surface area contributed by atoms with Gasteiger partial charge >= 0.3 is 0 Å². The number of hydrogen-bond acceptors (Lipinski definition) is 5. The molecule has 0 N–H and O–H groups in total. The fraction of sp³-hybridized carbons (Fsp3) is 0.640. The first-order chi connectivity index (χ1) is 15.1. The Morgan fingerprint density at radius 3 is 2.61 bits per heavy atom. The standard InChI is InChI=1S/C25H31N3O3/c1-30-21-6-2-4-19(11-21)22-26-23(31-27-22)20-5-3-7-28(15-20)24(29)25-12-16-8-17(13-25)10-18(9-16)14-25/h2,4,6,11,16-18,20H,3,5,7-10,12-15H2,1H3. The molecule has 0 radical (unpaired) electrons. The second-order valence-corrected chi connectivity index (χ2v) is 10.5. The van der Waals surface area contributed by atoms with Crippen LogP contribution < -0.4 is 4.74 Å². The first-order valence-electron chi connectivity index (χ1n) is 11.9. The van der Waals surface area contributed by atoms with Crippen LogP contribution in [0.5, 0.6) is 5.75 Å². The largest absolute Gasteiger partial charge is 0.497 e. The van der Waals surface area contributed by atoms with Crippen molar-refractivity contribution in [3.8, 4) is 17.1 Å². The van der Waals surface area contributed by atoms with Crippen molar-refractivity contribution in [1.82, 2.24) is 15.0 Å². The molecule has 0 spiro atoms. The van der Waals surface area contributed by atoms with Gasteiger partial charge in [-0.05, 0) is 81.3 Å². The molecule has 31 heavy (non-hydrogen) atoms. The number of piperidine rings is 1. The first-order valence-corrected chi connectivity index (χ1v) is 11.9. The quantitative estimate of drug-likeness (QED) is 0.718. The number of ether oxygens (including phenoxy) is 1. The minimum Gasteiger partial charge on any atom is -0.497 e. The number of benzene rings is 1. The van der Waals surface area contributed by atoms with Crippen molar-refractivity contribution < 1.29 is 14.1 Å². The number of aromatic nitrogens is 2. The van der Waals surface area contributed by atoms with Gasteiger partial charge in [-0.3, -0.25) is 4.79 Å². The summed E-state index contributed by atoms with van der Waals surface area (Å²) in [5.41, 5.74) is 0.809. The Hall–Kier alpha value is -2.37. The zero-order valence-corrected chi connectivity index (χ0v) is 18.3. The normalized spacial score (nSPS) is 34.2. The third kappa shape index (κ3) is 3.35. The molecule has 4 bridgehead atoms. The zero-order valence-electron chi connectivity index (χ0n) is 18.3. The van der Waals surface area contributed by atoms with Gasteiger partial charge in [-0.25, -0.2) is 0 Å². The summed E-state index contributed by atoms with van der Waals surface area (Å²) in [5, 5.41) is 4.22. The van der Waals surface area contributed by atoms with Crippen LogP contribution in [0.2, 0.25) is 0 Å². The monoisotopic (exact) mass is 421 g/mol. The Balaban J connectivity index is 1.19. The van der Waals surface area contributed by atoms with Crippen LogP contribution in [0, 0.1) is 23.2 Å². The molecule has 164 valence electrons. The molecule has 1 aliphatic heterocycles. The number of methoxy groups -OCH3 is 1. The third-order valence-electron chi connectivity index (χ3n) is 8.32. The van der Waals surface area contributed by atoms with Crippen LogP contribution in [0.25, 0.3) is 11.4 Å². The molecule has 1 unspecified atom stereocenters. The summed E-state index contributed by atoms with van der Waals surface area (Å²) in [4.78, 5) is 20.6. The van der Waals surface area contributed by atoms with E-state index in [4.69, 9.17) is 14.2 Å². The van der Waals surface area contributed by atoms with Gasteiger partial charge in [0.2, 0.25) is 17.6 Å². The van der Waals surface area contributed by atoms with Crippen molar-refractivity contribution in [2.75, 3.05) is 20.2 Å². The minimum absolute atomic E-state index is 0.0722. The van der Waals surface area contributed by atoms with Crippen molar-refractivity contribution in [2.45, 2.75) is 57.3 Å². The molecule has 5 aliphatic rings. The predicted octanol–water partition coefficient (Wildman–Crippen LogP) is 4.67. The van der Waals surface area contributed by atoms with Gasteiger partial charge in [-0.2, -0.15) is 4.98 Å². The van der Waals surface area contributed by atoms with E-state index in [9.17, 15) is 4.79 Å². The average molecular weight is 422 g/mol. The number of likely N-dealkylation sites (tertiary alicyclic amines) is 1. The molecule has 2 heterocycles. The SMILES string of the molecule is COc1cccc(-c2noc(C3CCCN(C(=O)C45CC6CC(CC(C6)C4)C5)C3)n2)c1. The molecule has 4 saturated carbocycles. The van der Waals surface area contributed by atoms with Crippen molar-refractivity contribution in [3.63, 3.8) is 0 Å². The van der Waals surface area contributed by atoms with Gasteiger partial charge < -0.3 is 14.2 Å². The van der Waals surface area contributed by atoms with Gasteiger partial charge in [-0.15, -0.1) is 0 Å². The van der Waals surface area contributed by atoms with Gasteiger partial charge in [-0.1, -0.05) is 17.3 Å². The van der Waals surface area contributed by atoms with Gasteiger partial charge in [0.15, 0.2) is 0 Å². The summed E-state index contributed by atoms with van der Waals surface area (Å²) >= 11 is 0. The highest BCUT2D eigenvalue weighted by molar-refractivity contribution is 5.83. The van der Waals surface area contributed by atoms with Crippen LogP contribution in [0.3, 0.4) is 0 Å². The zero-order chi connectivity index (χ0) is 21.0. The molecule has 4 aliphatic carbocycles. The Morgan fingerprint density at radius 1 is 1.16 bits per heavy atom. The summed E-state index contributed by atoms with van der Waals surface area (Å²) in [6.45, 7) is 1.58. The number of carbonyl (C=O) groups is 1. The number of rotatable bonds is 4. The lowest BCUT2D eigenvalue weighted by Gasteiger charge is -2.57. The van der Waals surface area contributed by atoms with Crippen LogP contribution in [-0.4, -0.2) is 41.1 Å². The molecule has 7 rings (SSSR count). The Bertz CT molecular complexity index is 949. The van der Waals surface area contributed by atoms with Gasteiger partial charge in [0.1, 0.15) is 5.75 Å². The second kappa shape index (κ2) is 7.35. The molecule has 1 amide bonds. The number of amides is 1. The molecule has 6 heteroatoms. The highest BCUT2D eigenvalue weighted by Gasteiger charge is 2.55. The van der Waals surface area contributed by atoms with Crippen molar-refractivity contribution in [2.24, 2.45) is 23.2 Å².